The molecule has 18 heavy (non-hydrogen) atoms. The molecule has 0 atom stereocenters. The molecule has 0 saturated heterocycles. The SMILES string of the molecule is CCC=CCCCCC(=O)CCCCC=CCC. The maximum Gasteiger partial charge on any atom is 0.132 e. The van der Waals surface area contributed by atoms with Crippen molar-refractivity contribution in [3.8, 4) is 0 Å². The van der Waals surface area contributed by atoms with Crippen LogP contribution < -0.4 is 0 Å². The molecule has 0 aliphatic carbocycles. The summed E-state index contributed by atoms with van der Waals surface area (Å²) in [6, 6.07) is 0. The minimum absolute atomic E-state index is 0.453. The molecule has 0 radical (unpaired) electrons. The molecule has 0 bridgehead atoms. The van der Waals surface area contributed by atoms with Gasteiger partial charge in [0, 0.05) is 12.8 Å². The Kier molecular flexibility index (Phi) is 13.5. The number of unbranched alkanes of at least 4 members (excludes halogenated alkanes) is 4. The lowest BCUT2D eigenvalue weighted by Gasteiger charge is -1.99. The summed E-state index contributed by atoms with van der Waals surface area (Å²) >= 11 is 0. The molecular weight excluding hydrogens is 220 g/mol. The topological polar surface area (TPSA) is 17.1 Å². The second-order valence-corrected chi connectivity index (χ2v) is 4.79. The Morgan fingerprint density at radius 1 is 0.722 bits per heavy atom. The Hall–Kier alpha value is -0.850. The van der Waals surface area contributed by atoms with Crippen LogP contribution in [0.15, 0.2) is 24.3 Å². The van der Waals surface area contributed by atoms with Gasteiger partial charge in [-0.25, -0.2) is 0 Å². The molecule has 104 valence electrons. The Bertz CT molecular complexity index is 214. The first-order valence-corrected chi connectivity index (χ1v) is 7.63. The molecule has 0 aromatic rings. The van der Waals surface area contributed by atoms with E-state index in [4.69, 9.17) is 0 Å². The lowest BCUT2D eigenvalue weighted by atomic mass is 10.1. The maximum atomic E-state index is 11.6. The van der Waals surface area contributed by atoms with Crippen LogP contribution in [-0.2, 0) is 4.79 Å². The van der Waals surface area contributed by atoms with Crippen molar-refractivity contribution in [2.75, 3.05) is 0 Å². The Labute approximate surface area is 113 Å². The number of rotatable bonds is 12. The molecule has 0 N–H and O–H groups in total. The highest BCUT2D eigenvalue weighted by molar-refractivity contribution is 5.78. The van der Waals surface area contributed by atoms with Crippen molar-refractivity contribution in [1.82, 2.24) is 0 Å². The molecule has 0 aromatic carbocycles. The Morgan fingerprint density at radius 3 is 1.56 bits per heavy atom. The van der Waals surface area contributed by atoms with Crippen molar-refractivity contribution in [1.29, 1.82) is 0 Å². The smallest absolute Gasteiger partial charge is 0.132 e. The van der Waals surface area contributed by atoms with Crippen LogP contribution in [0.3, 0.4) is 0 Å². The Balaban J connectivity index is 3.27. The highest BCUT2D eigenvalue weighted by atomic mass is 16.1. The molecular formula is C17H30O. The third kappa shape index (κ3) is 13.2. The van der Waals surface area contributed by atoms with E-state index >= 15 is 0 Å². The zero-order valence-electron chi connectivity index (χ0n) is 12.3. The zero-order chi connectivity index (χ0) is 13.5. The number of ketones is 1. The predicted molar refractivity (Wildman–Crippen MR) is 80.8 cm³/mol. The van der Waals surface area contributed by atoms with E-state index in [0.717, 1.165) is 64.2 Å². The molecule has 0 unspecified atom stereocenters. The fourth-order valence-electron chi connectivity index (χ4n) is 1.86. The molecule has 0 fully saturated rings. The van der Waals surface area contributed by atoms with E-state index in [-0.39, 0.29) is 0 Å². The maximum absolute atomic E-state index is 11.6. The van der Waals surface area contributed by atoms with E-state index in [1.165, 1.54) is 0 Å². The minimum atomic E-state index is 0.453. The number of allylic oxidation sites excluding steroid dienone is 4. The van der Waals surface area contributed by atoms with E-state index in [1.807, 2.05) is 0 Å². The summed E-state index contributed by atoms with van der Waals surface area (Å²) in [5.74, 6) is 0.453. The van der Waals surface area contributed by atoms with Gasteiger partial charge in [-0.1, -0.05) is 38.2 Å². The van der Waals surface area contributed by atoms with Crippen molar-refractivity contribution in [3.63, 3.8) is 0 Å². The fraction of sp³-hybridized carbons (Fsp3) is 0.706. The fourth-order valence-corrected chi connectivity index (χ4v) is 1.86. The van der Waals surface area contributed by atoms with E-state index in [9.17, 15) is 4.79 Å². The number of hydrogen-bond donors (Lipinski definition) is 0. The standard InChI is InChI=1S/C17H30O/c1-3-5-7-9-11-13-15-17(18)16-14-12-10-8-6-4-2/h5-8H,3-4,9-16H2,1-2H3. The van der Waals surface area contributed by atoms with Gasteiger partial charge in [-0.3, -0.25) is 4.79 Å². The summed E-state index contributed by atoms with van der Waals surface area (Å²) in [5, 5.41) is 0. The molecule has 0 rings (SSSR count). The van der Waals surface area contributed by atoms with E-state index in [2.05, 4.69) is 38.2 Å². The molecule has 0 heterocycles. The average molecular weight is 250 g/mol. The molecule has 0 aromatic heterocycles. The van der Waals surface area contributed by atoms with E-state index in [1.54, 1.807) is 0 Å². The molecule has 0 amide bonds. The third-order valence-electron chi connectivity index (χ3n) is 2.96. The van der Waals surface area contributed by atoms with Gasteiger partial charge in [0.2, 0.25) is 0 Å². The first kappa shape index (κ1) is 17.2. The van der Waals surface area contributed by atoms with Gasteiger partial charge in [-0.2, -0.15) is 0 Å². The van der Waals surface area contributed by atoms with Crippen LogP contribution in [0.2, 0.25) is 0 Å². The normalized spacial score (nSPS) is 11.7. The lowest BCUT2D eigenvalue weighted by molar-refractivity contribution is -0.119. The largest absolute Gasteiger partial charge is 0.300 e. The second-order valence-electron chi connectivity index (χ2n) is 4.79. The summed E-state index contributed by atoms with van der Waals surface area (Å²) in [6.45, 7) is 4.30. The van der Waals surface area contributed by atoms with Gasteiger partial charge in [-0.05, 0) is 51.4 Å². The summed E-state index contributed by atoms with van der Waals surface area (Å²) in [6.07, 6.45) is 19.3. The Morgan fingerprint density at radius 2 is 1.17 bits per heavy atom. The summed E-state index contributed by atoms with van der Waals surface area (Å²) in [4.78, 5) is 11.6. The zero-order valence-corrected chi connectivity index (χ0v) is 12.3. The number of carbonyl (C=O) groups excluding carboxylic acids is 1. The van der Waals surface area contributed by atoms with Gasteiger partial charge in [0.1, 0.15) is 5.78 Å². The molecule has 0 spiro atoms. The van der Waals surface area contributed by atoms with Gasteiger partial charge >= 0.3 is 0 Å². The van der Waals surface area contributed by atoms with Crippen molar-refractivity contribution in [3.05, 3.63) is 24.3 Å². The average Bonchev–Trinajstić information content (AvgIpc) is 2.38. The van der Waals surface area contributed by atoms with Crippen LogP contribution >= 0.6 is 0 Å². The number of carbonyl (C=O) groups is 1. The van der Waals surface area contributed by atoms with Crippen molar-refractivity contribution in [2.24, 2.45) is 0 Å². The predicted octanol–water partition coefficient (Wildman–Crippen LogP) is 5.61. The van der Waals surface area contributed by atoms with Crippen LogP contribution in [0.1, 0.15) is 78.1 Å². The molecule has 0 saturated carbocycles. The summed E-state index contributed by atoms with van der Waals surface area (Å²) in [5.41, 5.74) is 0. The van der Waals surface area contributed by atoms with Crippen LogP contribution in [0.5, 0.6) is 0 Å². The summed E-state index contributed by atoms with van der Waals surface area (Å²) in [7, 11) is 0. The highest BCUT2D eigenvalue weighted by Gasteiger charge is 2.00. The quantitative estimate of drug-likeness (QED) is 0.325. The second kappa shape index (κ2) is 14.2. The first-order valence-electron chi connectivity index (χ1n) is 7.63. The molecule has 0 aliphatic heterocycles. The monoisotopic (exact) mass is 250 g/mol. The van der Waals surface area contributed by atoms with Gasteiger partial charge in [0.25, 0.3) is 0 Å². The number of hydrogen-bond acceptors (Lipinski definition) is 1. The van der Waals surface area contributed by atoms with Crippen molar-refractivity contribution < 1.29 is 4.79 Å². The lowest BCUT2D eigenvalue weighted by Crippen LogP contribution is -1.97. The van der Waals surface area contributed by atoms with E-state index in [0.29, 0.717) is 5.78 Å². The van der Waals surface area contributed by atoms with Crippen LogP contribution in [0, 0.1) is 0 Å². The van der Waals surface area contributed by atoms with Crippen LogP contribution in [-0.4, -0.2) is 5.78 Å². The minimum Gasteiger partial charge on any atom is -0.300 e. The van der Waals surface area contributed by atoms with Crippen molar-refractivity contribution >= 4 is 5.78 Å². The summed E-state index contributed by atoms with van der Waals surface area (Å²) < 4.78 is 0. The van der Waals surface area contributed by atoms with Gasteiger partial charge < -0.3 is 0 Å². The third-order valence-corrected chi connectivity index (χ3v) is 2.96. The highest BCUT2D eigenvalue weighted by Crippen LogP contribution is 2.07. The van der Waals surface area contributed by atoms with Crippen LogP contribution in [0.4, 0.5) is 0 Å². The molecule has 1 heteroatoms. The molecule has 1 nitrogen and oxygen atoms in total. The van der Waals surface area contributed by atoms with E-state index < -0.39 is 0 Å². The van der Waals surface area contributed by atoms with Crippen LogP contribution in [0.25, 0.3) is 0 Å². The first-order chi connectivity index (χ1) is 8.81. The van der Waals surface area contributed by atoms with Crippen molar-refractivity contribution in [2.45, 2.75) is 78.1 Å². The number of Topliss-reactive ketones (excluding diaryl/α,β-unsaturated/α-hetero) is 1. The van der Waals surface area contributed by atoms with Gasteiger partial charge in [-0.15, -0.1) is 0 Å². The van der Waals surface area contributed by atoms with Gasteiger partial charge in [0.15, 0.2) is 0 Å². The van der Waals surface area contributed by atoms with Gasteiger partial charge in [0.05, 0.1) is 0 Å². The molecule has 0 aliphatic rings.